The van der Waals surface area contributed by atoms with Crippen molar-refractivity contribution in [1.29, 1.82) is 0 Å². The molecule has 0 aliphatic rings. The third-order valence-electron chi connectivity index (χ3n) is 4.91. The lowest BCUT2D eigenvalue weighted by Crippen LogP contribution is -2.24. The van der Waals surface area contributed by atoms with Gasteiger partial charge in [-0.15, -0.1) is 10.2 Å². The molecule has 0 radical (unpaired) electrons. The Bertz CT molecular complexity index is 1180. The van der Waals surface area contributed by atoms with Crippen LogP contribution >= 0.6 is 0 Å². The lowest BCUT2D eigenvalue weighted by atomic mass is 10.2. The van der Waals surface area contributed by atoms with Gasteiger partial charge in [0.05, 0.1) is 24.6 Å². The number of rotatable bonds is 6. The van der Waals surface area contributed by atoms with Gasteiger partial charge in [0.2, 0.25) is 5.78 Å². The Balaban J connectivity index is 1.71. The van der Waals surface area contributed by atoms with E-state index in [1.54, 1.807) is 11.7 Å². The van der Waals surface area contributed by atoms with Crippen molar-refractivity contribution in [3.63, 3.8) is 0 Å². The summed E-state index contributed by atoms with van der Waals surface area (Å²) in [5.74, 6) is 2.24. The smallest absolute Gasteiger partial charge is 0.262 e. The van der Waals surface area contributed by atoms with Gasteiger partial charge >= 0.3 is 0 Å². The third-order valence-corrected chi connectivity index (χ3v) is 4.91. The van der Waals surface area contributed by atoms with Crippen LogP contribution in [0, 0.1) is 0 Å². The van der Waals surface area contributed by atoms with E-state index in [9.17, 15) is 4.79 Å². The molecule has 144 valence electrons. The van der Waals surface area contributed by atoms with Crippen molar-refractivity contribution in [3.8, 4) is 5.75 Å². The highest BCUT2D eigenvalue weighted by Crippen LogP contribution is 2.17. The minimum absolute atomic E-state index is 0.0314. The molecule has 0 bridgehead atoms. The molecule has 0 fully saturated rings. The molecule has 0 aliphatic heterocycles. The van der Waals surface area contributed by atoms with Crippen LogP contribution in [0.25, 0.3) is 16.7 Å². The van der Waals surface area contributed by atoms with E-state index >= 15 is 0 Å². The van der Waals surface area contributed by atoms with Crippen LogP contribution in [-0.4, -0.2) is 38.2 Å². The minimum atomic E-state index is -0.0314. The Hall–Kier alpha value is -3.19. The number of ether oxygens (including phenoxy) is 1. The van der Waals surface area contributed by atoms with E-state index in [-0.39, 0.29) is 5.56 Å². The Morgan fingerprint density at radius 2 is 1.79 bits per heavy atom. The van der Waals surface area contributed by atoms with E-state index in [0.29, 0.717) is 24.3 Å². The summed E-state index contributed by atoms with van der Waals surface area (Å²) in [5.41, 5.74) is 1.99. The Kier molecular flexibility index (Phi) is 4.83. The molecule has 0 spiro atoms. The maximum absolute atomic E-state index is 12.8. The maximum atomic E-state index is 12.8. The summed E-state index contributed by atoms with van der Waals surface area (Å²) < 4.78 is 8.88. The molecular weight excluding hydrogens is 354 g/mol. The summed E-state index contributed by atoms with van der Waals surface area (Å²) >= 11 is 0. The molecule has 4 aromatic rings. The van der Waals surface area contributed by atoms with Crippen molar-refractivity contribution in [2.75, 3.05) is 14.2 Å². The molecule has 4 rings (SSSR count). The van der Waals surface area contributed by atoms with Gasteiger partial charge in [-0.1, -0.05) is 24.3 Å². The van der Waals surface area contributed by atoms with Gasteiger partial charge in [-0.05, 0) is 43.8 Å². The van der Waals surface area contributed by atoms with E-state index in [4.69, 9.17) is 4.74 Å². The molecule has 0 amide bonds. The van der Waals surface area contributed by atoms with Crippen LogP contribution in [0.15, 0.2) is 53.3 Å². The predicted octanol–water partition coefficient (Wildman–Crippen LogP) is 2.70. The number of aromatic nitrogens is 4. The second-order valence-electron chi connectivity index (χ2n) is 6.84. The van der Waals surface area contributed by atoms with Crippen LogP contribution in [-0.2, 0) is 19.6 Å². The van der Waals surface area contributed by atoms with Crippen molar-refractivity contribution >= 4 is 16.7 Å². The van der Waals surface area contributed by atoms with Gasteiger partial charge < -0.3 is 4.74 Å². The van der Waals surface area contributed by atoms with Crippen LogP contribution in [0.4, 0.5) is 0 Å². The lowest BCUT2D eigenvalue weighted by molar-refractivity contribution is 0.309. The molecule has 7 nitrogen and oxygen atoms in total. The number of benzene rings is 2. The molecule has 0 unspecified atom stereocenters. The molecule has 2 aromatic carbocycles. The van der Waals surface area contributed by atoms with Gasteiger partial charge in [0, 0.05) is 13.1 Å². The first-order valence-corrected chi connectivity index (χ1v) is 9.29. The van der Waals surface area contributed by atoms with Crippen LogP contribution in [0.3, 0.4) is 0 Å². The molecule has 28 heavy (non-hydrogen) atoms. The summed E-state index contributed by atoms with van der Waals surface area (Å²) in [6.45, 7) is 3.87. The van der Waals surface area contributed by atoms with Crippen molar-refractivity contribution < 1.29 is 4.74 Å². The normalized spacial score (nSPS) is 11.6. The predicted molar refractivity (Wildman–Crippen MR) is 109 cm³/mol. The van der Waals surface area contributed by atoms with Crippen molar-refractivity contribution in [3.05, 3.63) is 70.3 Å². The van der Waals surface area contributed by atoms with E-state index in [1.807, 2.05) is 54.8 Å². The Labute approximate surface area is 162 Å². The zero-order valence-corrected chi connectivity index (χ0v) is 16.3. The third kappa shape index (κ3) is 3.14. The molecule has 0 aliphatic carbocycles. The van der Waals surface area contributed by atoms with Crippen molar-refractivity contribution in [2.45, 2.75) is 26.6 Å². The first kappa shape index (κ1) is 18.2. The highest BCUT2D eigenvalue weighted by Gasteiger charge is 2.16. The van der Waals surface area contributed by atoms with E-state index in [1.165, 1.54) is 5.56 Å². The number of hydrogen-bond donors (Lipinski definition) is 0. The number of aryl methyl sites for hydroxylation is 1. The highest BCUT2D eigenvalue weighted by molar-refractivity contribution is 5.80. The quantitative estimate of drug-likeness (QED) is 0.517. The summed E-state index contributed by atoms with van der Waals surface area (Å²) in [4.78, 5) is 14.9. The van der Waals surface area contributed by atoms with Gasteiger partial charge in [-0.3, -0.25) is 18.7 Å². The fourth-order valence-electron chi connectivity index (χ4n) is 3.54. The largest absolute Gasteiger partial charge is 0.497 e. The van der Waals surface area contributed by atoms with Crippen molar-refractivity contribution in [2.24, 2.45) is 0 Å². The van der Waals surface area contributed by atoms with Crippen LogP contribution < -0.4 is 10.3 Å². The van der Waals surface area contributed by atoms with Gasteiger partial charge in [-0.25, -0.2) is 0 Å². The van der Waals surface area contributed by atoms with Crippen molar-refractivity contribution in [1.82, 2.24) is 24.1 Å². The van der Waals surface area contributed by atoms with E-state index < -0.39 is 0 Å². The van der Waals surface area contributed by atoms with Gasteiger partial charge in [0.1, 0.15) is 5.75 Å². The SMILES string of the molecule is CCn1c(=O)c2ccccc2n2c(CN(C)Cc3ccc(OC)cc3)nnc12. The maximum Gasteiger partial charge on any atom is 0.262 e. The number of fused-ring (bicyclic) bond motifs is 3. The van der Waals surface area contributed by atoms with E-state index in [0.717, 1.165) is 23.6 Å². The number of para-hydroxylation sites is 1. The first-order chi connectivity index (χ1) is 13.6. The Morgan fingerprint density at radius 3 is 2.50 bits per heavy atom. The zero-order chi connectivity index (χ0) is 19.7. The minimum Gasteiger partial charge on any atom is -0.497 e. The van der Waals surface area contributed by atoms with Crippen LogP contribution in [0.1, 0.15) is 18.3 Å². The fourth-order valence-corrected chi connectivity index (χ4v) is 3.54. The van der Waals surface area contributed by atoms with Gasteiger partial charge in [0.25, 0.3) is 5.56 Å². The topological polar surface area (TPSA) is 64.7 Å². The number of nitrogens with zero attached hydrogens (tertiary/aromatic N) is 5. The van der Waals surface area contributed by atoms with E-state index in [2.05, 4.69) is 27.2 Å². The molecule has 0 saturated carbocycles. The van der Waals surface area contributed by atoms with Gasteiger partial charge in [0.15, 0.2) is 5.82 Å². The molecule has 0 atom stereocenters. The fraction of sp³-hybridized carbons (Fsp3) is 0.286. The monoisotopic (exact) mass is 377 g/mol. The molecule has 7 heteroatoms. The number of methoxy groups -OCH3 is 1. The van der Waals surface area contributed by atoms with Gasteiger partial charge in [-0.2, -0.15) is 0 Å². The first-order valence-electron chi connectivity index (χ1n) is 9.29. The second-order valence-corrected chi connectivity index (χ2v) is 6.84. The summed E-state index contributed by atoms with van der Waals surface area (Å²) in [7, 11) is 3.71. The van der Waals surface area contributed by atoms with Crippen LogP contribution in [0.5, 0.6) is 5.75 Å². The second kappa shape index (κ2) is 7.44. The summed E-state index contributed by atoms with van der Waals surface area (Å²) in [6, 6.07) is 15.7. The number of hydrogen-bond acceptors (Lipinski definition) is 5. The standard InChI is InChI=1S/C21H23N5O2/c1-4-25-20(27)17-7-5-6-8-18(17)26-19(22-23-21(25)26)14-24(2)13-15-9-11-16(28-3)12-10-15/h5-12H,4,13-14H2,1-3H3. The highest BCUT2D eigenvalue weighted by atomic mass is 16.5. The molecule has 0 N–H and O–H groups in total. The molecule has 0 saturated heterocycles. The molecule has 2 heterocycles. The Morgan fingerprint density at radius 1 is 1.04 bits per heavy atom. The average molecular weight is 377 g/mol. The summed E-state index contributed by atoms with van der Waals surface area (Å²) in [5, 5.41) is 9.39. The molecular formula is C21H23N5O2. The van der Waals surface area contributed by atoms with Crippen LogP contribution in [0.2, 0.25) is 0 Å². The average Bonchev–Trinajstić information content (AvgIpc) is 3.12. The lowest BCUT2D eigenvalue weighted by Gasteiger charge is -2.16. The zero-order valence-electron chi connectivity index (χ0n) is 16.3. The summed E-state index contributed by atoms with van der Waals surface area (Å²) in [6.07, 6.45) is 0. The molecule has 2 aromatic heterocycles.